The number of carbonyl (C=O) groups is 1. The Labute approximate surface area is 165 Å². The van der Waals surface area contributed by atoms with Crippen molar-refractivity contribution >= 4 is 27.7 Å². The zero-order valence-corrected chi connectivity index (χ0v) is 16.3. The van der Waals surface area contributed by atoms with Crippen LogP contribution in [0.25, 0.3) is 0 Å². The average molecular weight is 460 g/mol. The van der Waals surface area contributed by atoms with Crippen LogP contribution in [-0.2, 0) is 11.3 Å². The maximum absolute atomic E-state index is 13.8. The number of hydrogen-bond donors (Lipinski definition) is 1. The Kier molecular flexibility index (Phi) is 5.54. The van der Waals surface area contributed by atoms with Gasteiger partial charge >= 0.3 is 0 Å². The molecule has 6 nitrogen and oxygen atoms in total. The number of aryl methyl sites for hydroxylation is 1. The topological polar surface area (TPSA) is 64.7 Å². The summed E-state index contributed by atoms with van der Waals surface area (Å²) in [6, 6.07) is 0.877. The Morgan fingerprint density at radius 2 is 1.86 bits per heavy atom. The van der Waals surface area contributed by atoms with Gasteiger partial charge in [-0.2, -0.15) is 10.2 Å². The predicted molar refractivity (Wildman–Crippen MR) is 95.6 cm³/mol. The first-order valence-electron chi connectivity index (χ1n) is 8.04. The van der Waals surface area contributed by atoms with Crippen molar-refractivity contribution in [3.63, 3.8) is 0 Å². The maximum atomic E-state index is 13.8. The van der Waals surface area contributed by atoms with E-state index in [0.717, 1.165) is 14.8 Å². The van der Waals surface area contributed by atoms with Gasteiger partial charge in [0.1, 0.15) is 6.04 Å². The number of nitrogens with zero attached hydrogens (tertiary/aromatic N) is 4. The second-order valence-electron chi connectivity index (χ2n) is 6.05. The highest BCUT2D eigenvalue weighted by Crippen LogP contribution is 2.21. The number of aromatic nitrogens is 4. The Morgan fingerprint density at radius 1 is 1.21 bits per heavy atom. The first-order valence-corrected chi connectivity index (χ1v) is 8.84. The van der Waals surface area contributed by atoms with Gasteiger partial charge in [0.15, 0.2) is 29.1 Å². The summed E-state index contributed by atoms with van der Waals surface area (Å²) in [7, 11) is 0. The van der Waals surface area contributed by atoms with E-state index in [4.69, 9.17) is 0 Å². The predicted octanol–water partition coefficient (Wildman–Crippen LogP) is 3.95. The fourth-order valence-corrected chi connectivity index (χ4v) is 2.74. The van der Waals surface area contributed by atoms with Crippen molar-refractivity contribution in [1.29, 1.82) is 0 Å². The molecule has 1 unspecified atom stereocenters. The second kappa shape index (κ2) is 7.74. The summed E-state index contributed by atoms with van der Waals surface area (Å²) in [6.07, 6.45) is 2.97. The smallest absolute Gasteiger partial charge is 0.250 e. The van der Waals surface area contributed by atoms with Crippen LogP contribution in [0, 0.1) is 30.2 Å². The quantitative estimate of drug-likeness (QED) is 0.464. The third-order valence-corrected chi connectivity index (χ3v) is 4.83. The van der Waals surface area contributed by atoms with E-state index in [9.17, 15) is 22.4 Å². The van der Waals surface area contributed by atoms with Crippen LogP contribution in [0.3, 0.4) is 0 Å². The third-order valence-electron chi connectivity index (χ3n) is 4.05. The van der Waals surface area contributed by atoms with Crippen molar-refractivity contribution in [2.24, 2.45) is 0 Å². The van der Waals surface area contributed by atoms with Crippen LogP contribution < -0.4 is 5.32 Å². The highest BCUT2D eigenvalue weighted by Gasteiger charge is 2.21. The van der Waals surface area contributed by atoms with Gasteiger partial charge in [0.25, 0.3) is 0 Å². The van der Waals surface area contributed by atoms with Crippen molar-refractivity contribution in [2.75, 3.05) is 5.32 Å². The Balaban J connectivity index is 1.73. The number of benzene rings is 1. The molecule has 28 heavy (non-hydrogen) atoms. The lowest BCUT2D eigenvalue weighted by atomic mass is 10.2. The molecule has 1 amide bonds. The standard InChI is InChI=1S/C17H14BrF4N5O/c1-8-11(18)7-27(24-8)9(2)17(28)23-14-3-4-26(25-14)6-10-15(21)12(19)5-13(20)16(10)22/h3-5,7,9H,6H2,1-2H3,(H,23,25,28). The molecule has 2 heterocycles. The van der Waals surface area contributed by atoms with E-state index in [1.807, 2.05) is 0 Å². The summed E-state index contributed by atoms with van der Waals surface area (Å²) in [5.74, 6) is -6.29. The normalized spacial score (nSPS) is 12.2. The van der Waals surface area contributed by atoms with E-state index >= 15 is 0 Å². The lowest BCUT2D eigenvalue weighted by Crippen LogP contribution is -2.24. The van der Waals surface area contributed by atoms with Crippen LogP contribution in [-0.4, -0.2) is 25.5 Å². The molecule has 0 saturated heterocycles. The van der Waals surface area contributed by atoms with Crippen LogP contribution in [0.4, 0.5) is 23.4 Å². The molecule has 0 fully saturated rings. The van der Waals surface area contributed by atoms with Gasteiger partial charge in [-0.25, -0.2) is 17.6 Å². The summed E-state index contributed by atoms with van der Waals surface area (Å²) in [4.78, 5) is 12.3. The highest BCUT2D eigenvalue weighted by molar-refractivity contribution is 9.10. The lowest BCUT2D eigenvalue weighted by Gasteiger charge is -2.11. The summed E-state index contributed by atoms with van der Waals surface area (Å²) < 4.78 is 57.4. The van der Waals surface area contributed by atoms with E-state index in [1.165, 1.54) is 16.9 Å². The van der Waals surface area contributed by atoms with Gasteiger partial charge in [-0.3, -0.25) is 14.2 Å². The minimum atomic E-state index is -1.50. The number of nitrogens with one attached hydrogen (secondary N) is 1. The monoisotopic (exact) mass is 459 g/mol. The fourth-order valence-electron chi connectivity index (χ4n) is 2.45. The Morgan fingerprint density at radius 3 is 2.43 bits per heavy atom. The molecule has 1 N–H and O–H groups in total. The number of amides is 1. The van der Waals surface area contributed by atoms with Crippen molar-refractivity contribution in [3.8, 4) is 0 Å². The minimum Gasteiger partial charge on any atom is -0.307 e. The molecular formula is C17H14BrF4N5O. The van der Waals surface area contributed by atoms with Gasteiger partial charge in [-0.15, -0.1) is 0 Å². The molecule has 0 spiro atoms. The molecule has 0 saturated carbocycles. The van der Waals surface area contributed by atoms with Crippen molar-refractivity contribution in [1.82, 2.24) is 19.6 Å². The minimum absolute atomic E-state index is 0.109. The maximum Gasteiger partial charge on any atom is 0.250 e. The summed E-state index contributed by atoms with van der Waals surface area (Å²) in [5.41, 5.74) is -0.0842. The van der Waals surface area contributed by atoms with Crippen molar-refractivity contribution < 1.29 is 22.4 Å². The molecule has 0 aliphatic carbocycles. The molecular weight excluding hydrogens is 446 g/mol. The fraction of sp³-hybridized carbons (Fsp3) is 0.235. The number of rotatable bonds is 5. The molecule has 0 aliphatic rings. The number of hydrogen-bond acceptors (Lipinski definition) is 3. The van der Waals surface area contributed by atoms with E-state index in [0.29, 0.717) is 0 Å². The summed E-state index contributed by atoms with van der Waals surface area (Å²) >= 11 is 3.31. The molecule has 148 valence electrons. The van der Waals surface area contributed by atoms with Gasteiger partial charge in [-0.05, 0) is 29.8 Å². The van der Waals surface area contributed by atoms with Crippen LogP contribution in [0.1, 0.15) is 24.2 Å². The number of halogens is 5. The van der Waals surface area contributed by atoms with E-state index in [2.05, 4.69) is 31.4 Å². The SMILES string of the molecule is Cc1nn(C(C)C(=O)Nc2ccn(Cc3c(F)c(F)cc(F)c3F)n2)cc1Br. The van der Waals surface area contributed by atoms with Crippen LogP contribution in [0.5, 0.6) is 0 Å². The van der Waals surface area contributed by atoms with Gasteiger partial charge in [0.05, 0.1) is 22.3 Å². The van der Waals surface area contributed by atoms with Crippen molar-refractivity contribution in [2.45, 2.75) is 26.4 Å². The summed E-state index contributed by atoms with van der Waals surface area (Å²) in [5, 5.41) is 10.7. The molecule has 11 heteroatoms. The molecule has 0 aliphatic heterocycles. The zero-order chi connectivity index (χ0) is 20.6. The molecule has 2 aromatic heterocycles. The lowest BCUT2D eigenvalue weighted by molar-refractivity contribution is -0.119. The second-order valence-corrected chi connectivity index (χ2v) is 6.91. The highest BCUT2D eigenvalue weighted by atomic mass is 79.9. The molecule has 1 aromatic carbocycles. The molecule has 0 bridgehead atoms. The van der Waals surface area contributed by atoms with Crippen LogP contribution in [0.2, 0.25) is 0 Å². The van der Waals surface area contributed by atoms with E-state index < -0.39 is 47.3 Å². The third kappa shape index (κ3) is 3.93. The van der Waals surface area contributed by atoms with Gasteiger partial charge < -0.3 is 5.32 Å². The van der Waals surface area contributed by atoms with Gasteiger partial charge in [-0.1, -0.05) is 0 Å². The van der Waals surface area contributed by atoms with E-state index in [1.54, 1.807) is 20.0 Å². The zero-order valence-electron chi connectivity index (χ0n) is 14.7. The van der Waals surface area contributed by atoms with Gasteiger partial charge in [0, 0.05) is 24.5 Å². The van der Waals surface area contributed by atoms with Crippen LogP contribution in [0.15, 0.2) is 29.0 Å². The summed E-state index contributed by atoms with van der Waals surface area (Å²) in [6.45, 7) is 2.86. The van der Waals surface area contributed by atoms with Crippen molar-refractivity contribution in [3.05, 3.63) is 63.5 Å². The number of carbonyl (C=O) groups excluding carboxylic acids is 1. The molecule has 3 aromatic rings. The molecule has 1 atom stereocenters. The van der Waals surface area contributed by atoms with E-state index in [-0.39, 0.29) is 11.9 Å². The van der Waals surface area contributed by atoms with Gasteiger partial charge in [0.2, 0.25) is 5.91 Å². The average Bonchev–Trinajstić information content (AvgIpc) is 3.22. The molecule has 3 rings (SSSR count). The largest absolute Gasteiger partial charge is 0.307 e. The van der Waals surface area contributed by atoms with Crippen LogP contribution >= 0.6 is 15.9 Å². The first kappa shape index (κ1) is 20.1. The first-order chi connectivity index (χ1) is 13.2. The Bertz CT molecular complexity index is 1000. The molecule has 0 radical (unpaired) electrons. The Hall–Kier alpha value is -2.69. The number of anilines is 1.